The molecule has 1 N–H and O–H groups in total. The molecule has 0 radical (unpaired) electrons. The summed E-state index contributed by atoms with van der Waals surface area (Å²) in [4.78, 5) is 12.1. The maximum Gasteiger partial charge on any atom is 0.255 e. The van der Waals surface area contributed by atoms with Gasteiger partial charge in [-0.2, -0.15) is 0 Å². The van der Waals surface area contributed by atoms with E-state index in [-0.39, 0.29) is 5.91 Å². The normalized spacial score (nSPS) is 9.30. The lowest BCUT2D eigenvalue weighted by atomic mass is 10.0. The Kier molecular flexibility index (Phi) is 32.7. The van der Waals surface area contributed by atoms with E-state index in [1.54, 1.807) is 24.3 Å². The molecule has 2 nitrogen and oxygen atoms in total. The van der Waals surface area contributed by atoms with Gasteiger partial charge in [0, 0.05) is 16.8 Å². The molecule has 0 saturated carbocycles. The number of amides is 1. The minimum absolute atomic E-state index is 0.172. The Hall–Kier alpha value is -2.87. The van der Waals surface area contributed by atoms with Crippen LogP contribution in [0.2, 0.25) is 0 Å². The van der Waals surface area contributed by atoms with Gasteiger partial charge in [0.1, 0.15) is 0 Å². The quantitative estimate of drug-likeness (QED) is 0.282. The summed E-state index contributed by atoms with van der Waals surface area (Å²) in [6.07, 6.45) is 14.6. The summed E-state index contributed by atoms with van der Waals surface area (Å²) in [5, 5.41) is 2.91. The average Bonchev–Trinajstić information content (AvgIpc) is 2.80. The van der Waals surface area contributed by atoms with E-state index in [1.165, 1.54) is 0 Å². The zero-order chi connectivity index (χ0) is 24.4. The van der Waals surface area contributed by atoms with Crippen LogP contribution in [0, 0.1) is 0 Å². The van der Waals surface area contributed by atoms with E-state index in [0.29, 0.717) is 5.57 Å². The summed E-state index contributed by atoms with van der Waals surface area (Å²) < 4.78 is 0. The number of carbonyl (C=O) groups is 1. The monoisotopic (exact) mass is 411 g/mol. The third-order valence-electron chi connectivity index (χ3n) is 2.97. The molecule has 1 aromatic rings. The van der Waals surface area contributed by atoms with Crippen molar-refractivity contribution >= 4 is 23.7 Å². The van der Waals surface area contributed by atoms with Crippen LogP contribution in [-0.4, -0.2) is 5.91 Å². The molecule has 1 aromatic carbocycles. The maximum absolute atomic E-state index is 12.1. The first-order valence-electron chi connectivity index (χ1n) is 10.8. The molecule has 0 aliphatic rings. The summed E-state index contributed by atoms with van der Waals surface area (Å²) in [6, 6.07) is 5.72. The number of nitrogens with one attached hydrogen (secondary N) is 1. The summed E-state index contributed by atoms with van der Waals surface area (Å²) in [5.41, 5.74) is 3.19. The van der Waals surface area contributed by atoms with Gasteiger partial charge in [0.15, 0.2) is 0 Å². The molecule has 0 aliphatic carbocycles. The van der Waals surface area contributed by atoms with Crippen molar-refractivity contribution in [2.24, 2.45) is 0 Å². The third-order valence-corrected chi connectivity index (χ3v) is 2.97. The predicted octanol–water partition coefficient (Wildman–Crippen LogP) is 9.26. The summed E-state index contributed by atoms with van der Waals surface area (Å²) >= 11 is 0. The number of hydrogen-bond donors (Lipinski definition) is 1. The molecule has 168 valence electrons. The zero-order valence-electron chi connectivity index (χ0n) is 20.9. The van der Waals surface area contributed by atoms with E-state index < -0.39 is 0 Å². The maximum atomic E-state index is 12.1. The molecule has 30 heavy (non-hydrogen) atoms. The summed E-state index contributed by atoms with van der Waals surface area (Å²) in [5.74, 6) is -0.172. The lowest BCUT2D eigenvalue weighted by Gasteiger charge is -2.11. The van der Waals surface area contributed by atoms with Crippen molar-refractivity contribution in [1.29, 1.82) is 0 Å². The Morgan fingerprint density at radius 3 is 1.83 bits per heavy atom. The van der Waals surface area contributed by atoms with Crippen LogP contribution in [0.1, 0.15) is 73.4 Å². The van der Waals surface area contributed by atoms with Gasteiger partial charge in [-0.05, 0) is 32.4 Å². The van der Waals surface area contributed by atoms with Crippen LogP contribution >= 0.6 is 0 Å². The van der Waals surface area contributed by atoms with E-state index >= 15 is 0 Å². The molecule has 0 aromatic heterocycles. The lowest BCUT2D eigenvalue weighted by molar-refractivity contribution is -0.112. The van der Waals surface area contributed by atoms with Crippen molar-refractivity contribution in [1.82, 2.24) is 0 Å². The van der Waals surface area contributed by atoms with E-state index in [1.807, 2.05) is 105 Å². The molecule has 0 atom stereocenters. The Labute approximate surface area is 187 Å². The van der Waals surface area contributed by atoms with Gasteiger partial charge in [0.25, 0.3) is 5.91 Å². The molecule has 0 heterocycles. The molecule has 0 spiro atoms. The Morgan fingerprint density at radius 1 is 0.900 bits per heavy atom. The minimum Gasteiger partial charge on any atom is -0.321 e. The molecule has 2 heteroatoms. The summed E-state index contributed by atoms with van der Waals surface area (Å²) in [6.45, 7) is 28.5. The molecular weight excluding hydrogens is 366 g/mol. The number of hydrogen-bond acceptors (Lipinski definition) is 1. The van der Waals surface area contributed by atoms with Gasteiger partial charge < -0.3 is 5.32 Å². The Balaban J connectivity index is -0.000000327. The van der Waals surface area contributed by atoms with E-state index in [4.69, 9.17) is 0 Å². The fraction of sp³-hybridized carbons (Fsp3) is 0.321. The van der Waals surface area contributed by atoms with Crippen molar-refractivity contribution in [2.75, 3.05) is 5.32 Å². The fourth-order valence-electron chi connectivity index (χ4n) is 1.86. The van der Waals surface area contributed by atoms with E-state index in [2.05, 4.69) is 25.1 Å². The third kappa shape index (κ3) is 16.1. The van der Waals surface area contributed by atoms with Crippen molar-refractivity contribution in [2.45, 2.75) is 62.3 Å². The van der Waals surface area contributed by atoms with Crippen LogP contribution in [0.3, 0.4) is 0 Å². The van der Waals surface area contributed by atoms with Crippen LogP contribution in [0.25, 0.3) is 12.2 Å². The Bertz CT molecular complexity index is 661. The molecule has 0 fully saturated rings. The predicted molar refractivity (Wildman–Crippen MR) is 143 cm³/mol. The van der Waals surface area contributed by atoms with E-state index in [0.717, 1.165) is 16.8 Å². The SMILES string of the molecule is C=C/C(=C\C)C(=O)Nc1cccc(C=C)c1/C=C\C=C/C.C=CC.CC.CC.CC. The lowest BCUT2D eigenvalue weighted by Crippen LogP contribution is -2.14. The highest BCUT2D eigenvalue weighted by molar-refractivity contribution is 6.06. The highest BCUT2D eigenvalue weighted by Gasteiger charge is 2.09. The number of rotatable bonds is 6. The first kappa shape index (κ1) is 34.6. The van der Waals surface area contributed by atoms with Crippen LogP contribution in [0.15, 0.2) is 80.0 Å². The van der Waals surface area contributed by atoms with Crippen molar-refractivity contribution in [3.63, 3.8) is 0 Å². The first-order valence-corrected chi connectivity index (χ1v) is 10.8. The topological polar surface area (TPSA) is 29.1 Å². The molecule has 0 saturated heterocycles. The summed E-state index contributed by atoms with van der Waals surface area (Å²) in [7, 11) is 0. The van der Waals surface area contributed by atoms with Gasteiger partial charge in [-0.1, -0.05) is 115 Å². The molecule has 0 unspecified atom stereocenters. The molecule has 0 bridgehead atoms. The van der Waals surface area contributed by atoms with E-state index in [9.17, 15) is 4.79 Å². The second-order valence-electron chi connectivity index (χ2n) is 4.71. The van der Waals surface area contributed by atoms with Crippen molar-refractivity contribution in [3.8, 4) is 0 Å². The highest BCUT2D eigenvalue weighted by atomic mass is 16.1. The Morgan fingerprint density at radius 2 is 1.43 bits per heavy atom. The molecule has 1 rings (SSSR count). The molecule has 1 amide bonds. The van der Waals surface area contributed by atoms with Gasteiger partial charge in [-0.15, -0.1) is 6.58 Å². The first-order chi connectivity index (χ1) is 14.6. The average molecular weight is 412 g/mol. The number of carbonyl (C=O) groups excluding carboxylic acids is 1. The number of anilines is 1. The standard InChI is InChI=1S/C19H21NO.C3H6.3C2H6/c1-5-9-10-13-17-16(8-4)12-11-14-18(17)20-19(21)15(6-2)7-3;1-3-2;3*1-2/h5-14H,2,4H2,1,3H3,(H,20,21);3H,1H2,2H3;3*1-2H3/b9-5-,13-10-,15-7+;;;;. The second kappa shape index (κ2) is 28.3. The van der Waals surface area contributed by atoms with Gasteiger partial charge >= 0.3 is 0 Å². The van der Waals surface area contributed by atoms with Gasteiger partial charge in [0.05, 0.1) is 0 Å². The van der Waals surface area contributed by atoms with Crippen LogP contribution in [-0.2, 0) is 4.79 Å². The second-order valence-corrected chi connectivity index (χ2v) is 4.71. The number of benzene rings is 1. The smallest absolute Gasteiger partial charge is 0.255 e. The largest absolute Gasteiger partial charge is 0.321 e. The van der Waals surface area contributed by atoms with Gasteiger partial charge in [-0.3, -0.25) is 4.79 Å². The fourth-order valence-corrected chi connectivity index (χ4v) is 1.86. The van der Waals surface area contributed by atoms with Gasteiger partial charge in [-0.25, -0.2) is 0 Å². The number of allylic oxidation sites excluding steroid dienone is 5. The van der Waals surface area contributed by atoms with Crippen LogP contribution in [0.4, 0.5) is 5.69 Å². The van der Waals surface area contributed by atoms with Crippen molar-refractivity contribution in [3.05, 3.63) is 91.1 Å². The van der Waals surface area contributed by atoms with Crippen molar-refractivity contribution < 1.29 is 4.79 Å². The minimum atomic E-state index is -0.172. The molecular formula is C28H45NO. The zero-order valence-corrected chi connectivity index (χ0v) is 20.9. The van der Waals surface area contributed by atoms with Crippen LogP contribution < -0.4 is 5.32 Å². The van der Waals surface area contributed by atoms with Crippen LogP contribution in [0.5, 0.6) is 0 Å². The highest BCUT2D eigenvalue weighted by Crippen LogP contribution is 2.23. The van der Waals surface area contributed by atoms with Gasteiger partial charge in [0.2, 0.25) is 0 Å². The molecule has 0 aliphatic heterocycles.